The van der Waals surface area contributed by atoms with Crippen LogP contribution in [0.1, 0.15) is 12.6 Å². The van der Waals surface area contributed by atoms with Crippen molar-refractivity contribution in [2.45, 2.75) is 22.8 Å². The molecule has 1 aromatic carbocycles. The van der Waals surface area contributed by atoms with Crippen molar-refractivity contribution in [2.24, 2.45) is 0 Å². The monoisotopic (exact) mass is 435 g/mol. The van der Waals surface area contributed by atoms with Gasteiger partial charge in [0.15, 0.2) is 4.34 Å². The number of tetrazole rings is 1. The second-order valence-electron chi connectivity index (χ2n) is 4.95. The third kappa shape index (κ3) is 3.22. The molecule has 0 aliphatic heterocycles. The molecule has 0 radical (unpaired) electrons. The molecule has 0 amide bonds. The van der Waals surface area contributed by atoms with E-state index in [4.69, 9.17) is 0 Å². The largest absolute Gasteiger partial charge is 0.275 e. The van der Waals surface area contributed by atoms with Crippen molar-refractivity contribution >= 4 is 44.0 Å². The fourth-order valence-electron chi connectivity index (χ4n) is 2.13. The minimum absolute atomic E-state index is 0.183. The summed E-state index contributed by atoms with van der Waals surface area (Å²) in [4.78, 5) is 17.1. The van der Waals surface area contributed by atoms with Gasteiger partial charge in [-0.2, -0.15) is 9.20 Å². The van der Waals surface area contributed by atoms with Crippen LogP contribution in [0.4, 0.5) is 0 Å². The van der Waals surface area contributed by atoms with Crippen molar-refractivity contribution < 1.29 is 0 Å². The summed E-state index contributed by atoms with van der Waals surface area (Å²) in [5.74, 6) is 0. The predicted molar refractivity (Wildman–Crippen MR) is 97.5 cm³/mol. The minimum atomic E-state index is -0.183. The van der Waals surface area contributed by atoms with Crippen LogP contribution in [0.25, 0.3) is 10.6 Å². The number of halogens is 1. The second-order valence-corrected chi connectivity index (χ2v) is 8.04. The Balaban J connectivity index is 1.71. The Hall–Kier alpha value is -2.11. The van der Waals surface area contributed by atoms with Crippen molar-refractivity contribution in [2.75, 3.05) is 0 Å². The van der Waals surface area contributed by atoms with E-state index >= 15 is 0 Å². The molecule has 0 aliphatic rings. The van der Waals surface area contributed by atoms with Gasteiger partial charge in [0.25, 0.3) is 5.56 Å². The maximum atomic E-state index is 12.1. The number of hydrogen-bond donors (Lipinski definition) is 0. The lowest BCUT2D eigenvalue weighted by atomic mass is 10.3. The third-order valence-corrected chi connectivity index (χ3v) is 5.76. The summed E-state index contributed by atoms with van der Waals surface area (Å²) in [6.07, 6.45) is 0.702. The van der Waals surface area contributed by atoms with Gasteiger partial charge in [0.1, 0.15) is 0 Å². The fraction of sp³-hybridized carbons (Fsp3) is 0.143. The molecular formula is C14H10BrN7OS2. The maximum absolute atomic E-state index is 12.1. The molecule has 0 unspecified atom stereocenters. The van der Waals surface area contributed by atoms with E-state index in [0.29, 0.717) is 20.9 Å². The average molecular weight is 436 g/mol. The third-order valence-electron chi connectivity index (χ3n) is 3.33. The number of rotatable bonds is 4. The van der Waals surface area contributed by atoms with Crippen LogP contribution in [-0.4, -0.2) is 34.8 Å². The molecule has 4 rings (SSSR count). The van der Waals surface area contributed by atoms with Gasteiger partial charge in [-0.15, -0.1) is 10.2 Å². The quantitative estimate of drug-likeness (QED) is 0.486. The first kappa shape index (κ1) is 16.4. The molecule has 0 saturated carbocycles. The molecule has 0 atom stereocenters. The topological polar surface area (TPSA) is 90.9 Å². The molecule has 0 N–H and O–H groups in total. The highest BCUT2D eigenvalue weighted by atomic mass is 79.9. The first-order valence-electron chi connectivity index (χ1n) is 7.26. The van der Waals surface area contributed by atoms with Gasteiger partial charge in [-0.05, 0) is 52.9 Å². The Morgan fingerprint density at radius 1 is 1.28 bits per heavy atom. The average Bonchev–Trinajstić information content (AvgIpc) is 3.22. The Kier molecular flexibility index (Phi) is 4.36. The predicted octanol–water partition coefficient (Wildman–Crippen LogP) is 2.60. The molecular weight excluding hydrogens is 426 g/mol. The van der Waals surface area contributed by atoms with Crippen LogP contribution in [0, 0.1) is 0 Å². The van der Waals surface area contributed by atoms with Crippen molar-refractivity contribution in [1.82, 2.24) is 34.8 Å². The molecule has 0 aliphatic carbocycles. The van der Waals surface area contributed by atoms with Crippen LogP contribution in [0.2, 0.25) is 0 Å². The van der Waals surface area contributed by atoms with Crippen molar-refractivity contribution in [3.05, 3.63) is 50.9 Å². The van der Waals surface area contributed by atoms with Crippen LogP contribution < -0.4 is 5.56 Å². The van der Waals surface area contributed by atoms with Crippen LogP contribution in [0.3, 0.4) is 0 Å². The van der Waals surface area contributed by atoms with Gasteiger partial charge in [0.2, 0.25) is 10.1 Å². The van der Waals surface area contributed by atoms with Crippen molar-refractivity contribution in [3.8, 4) is 5.69 Å². The molecule has 0 bridgehead atoms. The lowest BCUT2D eigenvalue weighted by molar-refractivity contribution is 0.755. The van der Waals surface area contributed by atoms with Gasteiger partial charge in [0, 0.05) is 16.2 Å². The molecule has 126 valence electrons. The molecule has 0 fully saturated rings. The fourth-order valence-corrected chi connectivity index (χ4v) is 4.25. The SMILES string of the molecule is CCc1cc(=O)n2nc(Sc3nnnn3-c3ccc(Br)cc3)sc2n1. The zero-order valence-electron chi connectivity index (χ0n) is 12.8. The summed E-state index contributed by atoms with van der Waals surface area (Å²) in [7, 11) is 0. The van der Waals surface area contributed by atoms with E-state index < -0.39 is 0 Å². The van der Waals surface area contributed by atoms with Crippen molar-refractivity contribution in [1.29, 1.82) is 0 Å². The summed E-state index contributed by atoms with van der Waals surface area (Å²) in [6, 6.07) is 9.15. The van der Waals surface area contributed by atoms with E-state index in [2.05, 4.69) is 41.5 Å². The minimum Gasteiger partial charge on any atom is -0.267 e. The molecule has 3 heterocycles. The molecule has 4 aromatic rings. The molecule has 11 heteroatoms. The van der Waals surface area contributed by atoms with E-state index in [-0.39, 0.29) is 5.56 Å². The van der Waals surface area contributed by atoms with Gasteiger partial charge < -0.3 is 0 Å². The van der Waals surface area contributed by atoms with E-state index in [1.54, 1.807) is 4.68 Å². The Morgan fingerprint density at radius 2 is 2.08 bits per heavy atom. The highest BCUT2D eigenvalue weighted by Crippen LogP contribution is 2.30. The highest BCUT2D eigenvalue weighted by Gasteiger charge is 2.15. The van der Waals surface area contributed by atoms with Crippen LogP contribution in [0.15, 0.2) is 49.1 Å². The summed E-state index contributed by atoms with van der Waals surface area (Å²) >= 11 is 6.03. The normalized spacial score (nSPS) is 11.3. The lowest BCUT2D eigenvalue weighted by Crippen LogP contribution is -2.15. The molecule has 0 saturated heterocycles. The van der Waals surface area contributed by atoms with E-state index in [1.165, 1.54) is 33.7 Å². The number of fused-ring (bicyclic) bond motifs is 1. The summed E-state index contributed by atoms with van der Waals surface area (Å²) in [5, 5.41) is 16.7. The number of nitrogens with zero attached hydrogens (tertiary/aromatic N) is 7. The second kappa shape index (κ2) is 6.65. The molecule has 8 nitrogen and oxygen atoms in total. The van der Waals surface area contributed by atoms with E-state index in [1.807, 2.05) is 31.2 Å². The van der Waals surface area contributed by atoms with E-state index in [9.17, 15) is 4.79 Å². The zero-order valence-corrected chi connectivity index (χ0v) is 16.0. The molecule has 25 heavy (non-hydrogen) atoms. The van der Waals surface area contributed by atoms with E-state index in [0.717, 1.165) is 15.9 Å². The van der Waals surface area contributed by atoms with Crippen LogP contribution in [-0.2, 0) is 6.42 Å². The smallest absolute Gasteiger partial charge is 0.267 e. The number of aryl methyl sites for hydroxylation is 1. The summed E-state index contributed by atoms with van der Waals surface area (Å²) in [5.41, 5.74) is 1.41. The Bertz CT molecular complexity index is 1100. The van der Waals surface area contributed by atoms with Crippen LogP contribution in [0.5, 0.6) is 0 Å². The first-order valence-corrected chi connectivity index (χ1v) is 9.68. The van der Waals surface area contributed by atoms with Gasteiger partial charge in [-0.1, -0.05) is 34.2 Å². The zero-order chi connectivity index (χ0) is 17.4. The number of benzene rings is 1. The maximum Gasteiger partial charge on any atom is 0.275 e. The lowest BCUT2D eigenvalue weighted by Gasteiger charge is -2.02. The number of hydrogen-bond acceptors (Lipinski definition) is 8. The Morgan fingerprint density at radius 3 is 2.84 bits per heavy atom. The highest BCUT2D eigenvalue weighted by molar-refractivity contribution is 9.10. The Labute approximate surface area is 158 Å². The van der Waals surface area contributed by atoms with Crippen molar-refractivity contribution in [3.63, 3.8) is 0 Å². The van der Waals surface area contributed by atoms with Gasteiger partial charge in [0.05, 0.1) is 5.69 Å². The standard InChI is InChI=1S/C14H10BrN7OS2/c1-2-9-7-11(23)22-12(16-9)24-14(18-22)25-13-17-19-20-21(13)10-5-3-8(15)4-6-10/h3-7H,2H2,1H3. The summed E-state index contributed by atoms with van der Waals surface area (Å²) in [6.45, 7) is 1.96. The first-order chi connectivity index (χ1) is 12.1. The number of aromatic nitrogens is 7. The van der Waals surface area contributed by atoms with Gasteiger partial charge in [-0.25, -0.2) is 4.98 Å². The van der Waals surface area contributed by atoms with Crippen LogP contribution >= 0.6 is 39.0 Å². The van der Waals surface area contributed by atoms with Gasteiger partial charge >= 0.3 is 0 Å². The summed E-state index contributed by atoms with van der Waals surface area (Å²) < 4.78 is 4.55. The molecule has 0 spiro atoms. The van der Waals surface area contributed by atoms with Gasteiger partial charge in [-0.3, -0.25) is 4.79 Å². The molecule has 3 aromatic heterocycles.